The lowest BCUT2D eigenvalue weighted by atomic mass is 9.42. The monoisotopic (exact) mass is 749 g/mol. The molecule has 0 saturated heterocycles. The molecule has 5 heteroatoms. The van der Waals surface area contributed by atoms with Crippen molar-refractivity contribution in [1.82, 2.24) is 0 Å². The molecule has 4 aliphatic carbocycles. The van der Waals surface area contributed by atoms with Gasteiger partial charge in [-0.1, -0.05) is 103 Å². The van der Waals surface area contributed by atoms with E-state index in [1.165, 1.54) is 57.8 Å². The van der Waals surface area contributed by atoms with Gasteiger partial charge in [-0.3, -0.25) is 0 Å². The Labute approximate surface area is 325 Å². The van der Waals surface area contributed by atoms with Gasteiger partial charge in [-0.15, -0.1) is 11.3 Å². The minimum atomic E-state index is -3.77. The zero-order valence-electron chi connectivity index (χ0n) is 30.4. The Kier molecular flexibility index (Phi) is 6.79. The summed E-state index contributed by atoms with van der Waals surface area (Å²) in [6.45, 7) is 0. The SMILES string of the molecule is O=S1(=O)c2ccccc2C2(c3ccc(N(c4ccc(-c5ccc6c(c5)sc5ccccc56)cc4)c4cccc5ccccc45)cc31)C1CC3CC(C1)CC2C3. The number of thiophene rings is 1. The van der Waals surface area contributed by atoms with Gasteiger partial charge in [0.2, 0.25) is 9.84 Å². The Hall–Kier alpha value is -5.23. The molecule has 7 aromatic carbocycles. The van der Waals surface area contributed by atoms with Crippen LogP contribution in [0.15, 0.2) is 161 Å². The third-order valence-corrected chi connectivity index (χ3v) is 16.8. The molecule has 268 valence electrons. The van der Waals surface area contributed by atoms with Gasteiger partial charge in [0.1, 0.15) is 0 Å². The molecule has 1 aromatic heterocycles. The van der Waals surface area contributed by atoms with Crippen LogP contribution < -0.4 is 4.90 Å². The minimum Gasteiger partial charge on any atom is -0.310 e. The summed E-state index contributed by atoms with van der Waals surface area (Å²) in [6.07, 6.45) is 6.16. The second kappa shape index (κ2) is 11.6. The van der Waals surface area contributed by atoms with Crippen LogP contribution in [0.3, 0.4) is 0 Å². The Balaban J connectivity index is 1.03. The van der Waals surface area contributed by atoms with Gasteiger partial charge in [0.05, 0.1) is 15.5 Å². The van der Waals surface area contributed by atoms with Crippen molar-refractivity contribution in [2.24, 2.45) is 23.7 Å². The first kappa shape index (κ1) is 32.1. The fourth-order valence-electron chi connectivity index (χ4n) is 11.9. The first-order chi connectivity index (χ1) is 27.0. The van der Waals surface area contributed by atoms with Crippen LogP contribution in [0.2, 0.25) is 0 Å². The molecule has 4 saturated carbocycles. The number of rotatable bonds is 4. The number of hydrogen-bond acceptors (Lipinski definition) is 4. The standard InChI is InChI=1S/C50H39NO2S2/c52-55(53)48-15-6-4-12-43(48)50(36-25-31-24-32(27-36)28-37(50)26-31)44-23-21-39(30-49(44)55)51(45-13-7-9-34-8-1-2-10-40(34)45)38-19-16-33(17-20-38)35-18-22-42-41-11-3-5-14-46(41)54-47(42)29-35/h1-23,29-32,36-37H,24-28H2. The average molecular weight is 750 g/mol. The second-order valence-electron chi connectivity index (χ2n) is 16.5. The van der Waals surface area contributed by atoms with Crippen LogP contribution in [0.5, 0.6) is 0 Å². The van der Waals surface area contributed by atoms with Crippen LogP contribution in [0.1, 0.15) is 43.2 Å². The molecular weight excluding hydrogens is 711 g/mol. The summed E-state index contributed by atoms with van der Waals surface area (Å²) < 4.78 is 32.4. The van der Waals surface area contributed by atoms with Crippen molar-refractivity contribution < 1.29 is 8.42 Å². The van der Waals surface area contributed by atoms with E-state index in [1.54, 1.807) is 0 Å². The van der Waals surface area contributed by atoms with Gasteiger partial charge in [-0.2, -0.15) is 0 Å². The molecule has 1 aliphatic heterocycles. The summed E-state index contributed by atoms with van der Waals surface area (Å²) >= 11 is 1.84. The Morgan fingerprint density at radius 2 is 1.15 bits per heavy atom. The van der Waals surface area contributed by atoms with E-state index in [2.05, 4.69) is 138 Å². The summed E-state index contributed by atoms with van der Waals surface area (Å²) in [4.78, 5) is 3.28. The molecular formula is C50H39NO2S2. The van der Waals surface area contributed by atoms with Crippen LogP contribution >= 0.6 is 11.3 Å². The highest BCUT2D eigenvalue weighted by atomic mass is 32.2. The van der Waals surface area contributed by atoms with Gasteiger partial charge < -0.3 is 4.90 Å². The number of benzene rings is 7. The summed E-state index contributed by atoms with van der Waals surface area (Å²) in [5.41, 5.74) is 7.03. The van der Waals surface area contributed by atoms with Crippen LogP contribution in [0.4, 0.5) is 17.1 Å². The van der Waals surface area contributed by atoms with E-state index < -0.39 is 9.84 Å². The molecule has 13 rings (SSSR count). The van der Waals surface area contributed by atoms with Crippen molar-refractivity contribution in [2.45, 2.75) is 47.3 Å². The minimum absolute atomic E-state index is 0.259. The van der Waals surface area contributed by atoms with Crippen molar-refractivity contribution in [3.63, 3.8) is 0 Å². The van der Waals surface area contributed by atoms with E-state index in [0.29, 0.717) is 21.6 Å². The predicted molar refractivity (Wildman–Crippen MR) is 227 cm³/mol. The molecule has 0 radical (unpaired) electrons. The molecule has 5 aliphatic rings. The zero-order valence-corrected chi connectivity index (χ0v) is 32.0. The topological polar surface area (TPSA) is 37.4 Å². The summed E-state index contributed by atoms with van der Waals surface area (Å²) in [6, 6.07) is 53.5. The maximum atomic E-state index is 14.9. The first-order valence-corrected chi connectivity index (χ1v) is 22.1. The van der Waals surface area contributed by atoms with Crippen LogP contribution in [0.25, 0.3) is 42.1 Å². The summed E-state index contributed by atoms with van der Waals surface area (Å²) in [7, 11) is -3.77. The molecule has 8 aromatic rings. The van der Waals surface area contributed by atoms with Crippen LogP contribution in [-0.2, 0) is 15.3 Å². The van der Waals surface area contributed by atoms with E-state index in [9.17, 15) is 8.42 Å². The quantitative estimate of drug-likeness (QED) is 0.180. The zero-order chi connectivity index (χ0) is 36.5. The van der Waals surface area contributed by atoms with Crippen LogP contribution in [-0.4, -0.2) is 8.42 Å². The highest BCUT2D eigenvalue weighted by molar-refractivity contribution is 7.91. The summed E-state index contributed by atoms with van der Waals surface area (Å²) in [5, 5.41) is 4.86. The van der Waals surface area contributed by atoms with E-state index in [1.807, 2.05) is 29.5 Å². The third-order valence-electron chi connectivity index (χ3n) is 13.9. The highest BCUT2D eigenvalue weighted by Gasteiger charge is 2.62. The fraction of sp³-hybridized carbons (Fsp3) is 0.200. The molecule has 4 bridgehead atoms. The molecule has 0 amide bonds. The second-order valence-corrected chi connectivity index (χ2v) is 19.5. The molecule has 0 N–H and O–H groups in total. The Morgan fingerprint density at radius 3 is 1.96 bits per heavy atom. The highest BCUT2D eigenvalue weighted by Crippen LogP contribution is 2.68. The molecule has 2 heterocycles. The average Bonchev–Trinajstić information content (AvgIpc) is 3.59. The van der Waals surface area contributed by atoms with Crippen molar-refractivity contribution >= 4 is 69.2 Å². The molecule has 0 atom stereocenters. The van der Waals surface area contributed by atoms with E-state index in [-0.39, 0.29) is 5.41 Å². The van der Waals surface area contributed by atoms with E-state index in [4.69, 9.17) is 0 Å². The van der Waals surface area contributed by atoms with Gasteiger partial charge in [-0.25, -0.2) is 8.42 Å². The van der Waals surface area contributed by atoms with Crippen LogP contribution in [0, 0.1) is 23.7 Å². The smallest absolute Gasteiger partial charge is 0.207 e. The Morgan fingerprint density at radius 1 is 0.509 bits per heavy atom. The molecule has 4 fully saturated rings. The van der Waals surface area contributed by atoms with Gasteiger partial charge in [0.25, 0.3) is 0 Å². The lowest BCUT2D eigenvalue weighted by molar-refractivity contribution is -0.0446. The van der Waals surface area contributed by atoms with E-state index in [0.717, 1.165) is 56.4 Å². The lowest BCUT2D eigenvalue weighted by Gasteiger charge is -2.63. The predicted octanol–water partition coefficient (Wildman–Crippen LogP) is 13.2. The van der Waals surface area contributed by atoms with Crippen molar-refractivity contribution in [3.8, 4) is 11.1 Å². The van der Waals surface area contributed by atoms with Crippen molar-refractivity contribution in [1.29, 1.82) is 0 Å². The van der Waals surface area contributed by atoms with Gasteiger partial charge in [-0.05, 0) is 132 Å². The largest absolute Gasteiger partial charge is 0.310 e. The van der Waals surface area contributed by atoms with Gasteiger partial charge in [0.15, 0.2) is 0 Å². The van der Waals surface area contributed by atoms with Gasteiger partial charge >= 0.3 is 0 Å². The number of hydrogen-bond donors (Lipinski definition) is 0. The maximum absolute atomic E-state index is 14.9. The first-order valence-electron chi connectivity index (χ1n) is 19.8. The maximum Gasteiger partial charge on any atom is 0.207 e. The van der Waals surface area contributed by atoms with Crippen molar-refractivity contribution in [3.05, 3.63) is 163 Å². The molecule has 0 unspecified atom stereocenters. The fourth-order valence-corrected chi connectivity index (χ4v) is 14.8. The number of anilines is 3. The number of sulfone groups is 1. The normalized spacial score (nSPS) is 24.4. The molecule has 3 nitrogen and oxygen atoms in total. The van der Waals surface area contributed by atoms with Crippen molar-refractivity contribution in [2.75, 3.05) is 4.90 Å². The number of fused-ring (bicyclic) bond motifs is 6. The van der Waals surface area contributed by atoms with E-state index >= 15 is 0 Å². The number of nitrogens with zero attached hydrogens (tertiary/aromatic N) is 1. The lowest BCUT2D eigenvalue weighted by Crippen LogP contribution is -2.57. The third kappa shape index (κ3) is 4.51. The molecule has 1 spiro atoms. The molecule has 55 heavy (non-hydrogen) atoms. The Bertz CT molecular complexity index is 2950. The summed E-state index contributed by atoms with van der Waals surface area (Å²) in [5.74, 6) is 2.49. The van der Waals surface area contributed by atoms with Gasteiger partial charge in [0, 0.05) is 42.3 Å².